The van der Waals surface area contributed by atoms with Gasteiger partial charge in [0.1, 0.15) is 0 Å². The van der Waals surface area contributed by atoms with Gasteiger partial charge in [0.15, 0.2) is 0 Å². The Morgan fingerprint density at radius 1 is 1.33 bits per heavy atom. The van der Waals surface area contributed by atoms with E-state index < -0.39 is 5.60 Å². The van der Waals surface area contributed by atoms with Gasteiger partial charge in [-0.1, -0.05) is 26.2 Å². The zero-order chi connectivity index (χ0) is 11.1. The molecule has 3 heteroatoms. The van der Waals surface area contributed by atoms with Crippen molar-refractivity contribution in [2.24, 2.45) is 0 Å². The summed E-state index contributed by atoms with van der Waals surface area (Å²) in [5.74, 6) is 0.0893. The zero-order valence-corrected chi connectivity index (χ0v) is 9.72. The normalized spacial score (nSPS) is 18.3. The van der Waals surface area contributed by atoms with Gasteiger partial charge in [0, 0.05) is 13.0 Å². The maximum Gasteiger partial charge on any atom is 0.220 e. The second-order valence-electron chi connectivity index (χ2n) is 4.67. The average molecular weight is 213 g/mol. The highest BCUT2D eigenvalue weighted by atomic mass is 16.3. The first-order valence-corrected chi connectivity index (χ1v) is 6.15. The lowest BCUT2D eigenvalue weighted by atomic mass is 9.80. The van der Waals surface area contributed by atoms with Gasteiger partial charge in [-0.15, -0.1) is 0 Å². The van der Waals surface area contributed by atoms with Gasteiger partial charge < -0.3 is 10.4 Å². The Labute approximate surface area is 92.3 Å². The highest BCUT2D eigenvalue weighted by Crippen LogP contribution is 2.30. The summed E-state index contributed by atoms with van der Waals surface area (Å²) in [6, 6.07) is 0. The van der Waals surface area contributed by atoms with Gasteiger partial charge in [-0.2, -0.15) is 0 Å². The quantitative estimate of drug-likeness (QED) is 0.635. The largest absolute Gasteiger partial charge is 0.388 e. The molecule has 0 bridgehead atoms. The summed E-state index contributed by atoms with van der Waals surface area (Å²) in [6.45, 7) is 2.60. The van der Waals surface area contributed by atoms with Gasteiger partial charge >= 0.3 is 0 Å². The second kappa shape index (κ2) is 6.11. The molecule has 0 atom stereocenters. The maximum absolute atomic E-state index is 11.4. The lowest BCUT2D eigenvalue weighted by Gasteiger charge is -2.36. The number of aliphatic hydroxyl groups is 1. The molecule has 88 valence electrons. The molecular formula is C12H23NO2. The van der Waals surface area contributed by atoms with E-state index in [1.165, 1.54) is 12.8 Å². The van der Waals surface area contributed by atoms with Crippen molar-refractivity contribution in [1.82, 2.24) is 5.32 Å². The Hall–Kier alpha value is -0.570. The number of unbranched alkanes of at least 4 members (excludes halogenated alkanes) is 3. The Morgan fingerprint density at radius 2 is 2.07 bits per heavy atom. The molecule has 1 saturated carbocycles. The average Bonchev–Trinajstić information content (AvgIpc) is 2.19. The molecule has 3 nitrogen and oxygen atoms in total. The maximum atomic E-state index is 11.4. The van der Waals surface area contributed by atoms with Crippen LogP contribution in [0.15, 0.2) is 0 Å². The molecule has 1 fully saturated rings. The van der Waals surface area contributed by atoms with Crippen molar-refractivity contribution >= 4 is 5.91 Å². The molecule has 0 unspecified atom stereocenters. The lowest BCUT2D eigenvalue weighted by Crippen LogP contribution is -2.47. The predicted molar refractivity (Wildman–Crippen MR) is 60.6 cm³/mol. The van der Waals surface area contributed by atoms with Crippen LogP contribution < -0.4 is 5.32 Å². The van der Waals surface area contributed by atoms with Crippen LogP contribution in [0.5, 0.6) is 0 Å². The molecule has 1 rings (SSSR count). The fourth-order valence-corrected chi connectivity index (χ4v) is 1.83. The van der Waals surface area contributed by atoms with Crippen LogP contribution in [0.1, 0.15) is 58.3 Å². The molecule has 15 heavy (non-hydrogen) atoms. The van der Waals surface area contributed by atoms with Gasteiger partial charge in [0.2, 0.25) is 5.91 Å². The third kappa shape index (κ3) is 4.65. The molecule has 1 amide bonds. The van der Waals surface area contributed by atoms with Crippen LogP contribution in [0.25, 0.3) is 0 Å². The van der Waals surface area contributed by atoms with Crippen molar-refractivity contribution in [3.63, 3.8) is 0 Å². The van der Waals surface area contributed by atoms with Crippen LogP contribution in [0.3, 0.4) is 0 Å². The van der Waals surface area contributed by atoms with E-state index in [4.69, 9.17) is 0 Å². The highest BCUT2D eigenvalue weighted by molar-refractivity contribution is 5.75. The molecule has 1 aliphatic carbocycles. The molecule has 2 N–H and O–H groups in total. The fourth-order valence-electron chi connectivity index (χ4n) is 1.83. The fraction of sp³-hybridized carbons (Fsp3) is 0.917. The Morgan fingerprint density at radius 3 is 2.60 bits per heavy atom. The molecule has 0 aromatic heterocycles. The summed E-state index contributed by atoms with van der Waals surface area (Å²) in [5, 5.41) is 12.6. The molecule has 0 saturated heterocycles. The third-order valence-corrected chi connectivity index (χ3v) is 3.16. The lowest BCUT2D eigenvalue weighted by molar-refractivity contribution is -0.123. The monoisotopic (exact) mass is 213 g/mol. The number of hydrogen-bond donors (Lipinski definition) is 2. The van der Waals surface area contributed by atoms with E-state index in [1.54, 1.807) is 0 Å². The summed E-state index contributed by atoms with van der Waals surface area (Å²) >= 11 is 0. The Bertz CT molecular complexity index is 200. The molecule has 0 spiro atoms. The van der Waals surface area contributed by atoms with E-state index in [1.807, 2.05) is 0 Å². The number of carbonyl (C=O) groups excluding carboxylic acids is 1. The molecule has 0 aliphatic heterocycles. The van der Waals surface area contributed by atoms with E-state index in [2.05, 4.69) is 12.2 Å². The summed E-state index contributed by atoms with van der Waals surface area (Å²) in [5.41, 5.74) is -0.584. The first kappa shape index (κ1) is 12.5. The minimum atomic E-state index is -0.584. The molecule has 0 aromatic carbocycles. The summed E-state index contributed by atoms with van der Waals surface area (Å²) < 4.78 is 0. The smallest absolute Gasteiger partial charge is 0.220 e. The van der Waals surface area contributed by atoms with E-state index in [0.29, 0.717) is 13.0 Å². The van der Waals surface area contributed by atoms with Crippen LogP contribution in [-0.4, -0.2) is 23.2 Å². The van der Waals surface area contributed by atoms with Crippen LogP contribution >= 0.6 is 0 Å². The molecule has 0 heterocycles. The predicted octanol–water partition coefficient (Wildman–Crippen LogP) is 1.99. The molecule has 0 aromatic rings. The SMILES string of the molecule is CCCCCCC(=O)NCC1(O)CCC1. The minimum absolute atomic E-state index is 0.0893. The first-order valence-electron chi connectivity index (χ1n) is 6.15. The van der Waals surface area contributed by atoms with E-state index in [9.17, 15) is 9.90 Å². The third-order valence-electron chi connectivity index (χ3n) is 3.16. The van der Waals surface area contributed by atoms with E-state index >= 15 is 0 Å². The molecule has 0 radical (unpaired) electrons. The van der Waals surface area contributed by atoms with Gasteiger partial charge in [0.05, 0.1) is 5.60 Å². The topological polar surface area (TPSA) is 49.3 Å². The van der Waals surface area contributed by atoms with Crippen molar-refractivity contribution in [2.45, 2.75) is 63.9 Å². The van der Waals surface area contributed by atoms with Crippen LogP contribution in [0, 0.1) is 0 Å². The van der Waals surface area contributed by atoms with Gasteiger partial charge in [0.25, 0.3) is 0 Å². The Kier molecular flexibility index (Phi) is 5.09. The second-order valence-corrected chi connectivity index (χ2v) is 4.67. The minimum Gasteiger partial charge on any atom is -0.388 e. The van der Waals surface area contributed by atoms with Crippen molar-refractivity contribution < 1.29 is 9.90 Å². The summed E-state index contributed by atoms with van der Waals surface area (Å²) in [7, 11) is 0. The zero-order valence-electron chi connectivity index (χ0n) is 9.72. The van der Waals surface area contributed by atoms with Gasteiger partial charge in [-0.05, 0) is 25.7 Å². The van der Waals surface area contributed by atoms with Crippen LogP contribution in [0.2, 0.25) is 0 Å². The van der Waals surface area contributed by atoms with Gasteiger partial charge in [-0.3, -0.25) is 4.79 Å². The highest BCUT2D eigenvalue weighted by Gasteiger charge is 2.34. The number of amides is 1. The number of carbonyl (C=O) groups is 1. The number of rotatable bonds is 7. The van der Waals surface area contributed by atoms with Crippen molar-refractivity contribution in [1.29, 1.82) is 0 Å². The molecule has 1 aliphatic rings. The van der Waals surface area contributed by atoms with Gasteiger partial charge in [-0.25, -0.2) is 0 Å². The van der Waals surface area contributed by atoms with Crippen molar-refractivity contribution in [2.75, 3.05) is 6.54 Å². The van der Waals surface area contributed by atoms with Crippen molar-refractivity contribution in [3.8, 4) is 0 Å². The van der Waals surface area contributed by atoms with Crippen LogP contribution in [0.4, 0.5) is 0 Å². The van der Waals surface area contributed by atoms with E-state index in [0.717, 1.165) is 32.1 Å². The summed E-state index contributed by atoms with van der Waals surface area (Å²) in [4.78, 5) is 11.4. The molecular weight excluding hydrogens is 190 g/mol. The van der Waals surface area contributed by atoms with Crippen LogP contribution in [-0.2, 0) is 4.79 Å². The number of hydrogen-bond acceptors (Lipinski definition) is 2. The first-order chi connectivity index (χ1) is 7.16. The van der Waals surface area contributed by atoms with E-state index in [-0.39, 0.29) is 5.91 Å². The van der Waals surface area contributed by atoms with Crippen molar-refractivity contribution in [3.05, 3.63) is 0 Å². The number of nitrogens with one attached hydrogen (secondary N) is 1. The standard InChI is InChI=1S/C12H23NO2/c1-2-3-4-5-7-11(14)13-10-12(15)8-6-9-12/h15H,2-10H2,1H3,(H,13,14). The summed E-state index contributed by atoms with van der Waals surface area (Å²) in [6.07, 6.45) is 7.87. The Balaban J connectivity index is 1.98.